The van der Waals surface area contributed by atoms with Crippen molar-refractivity contribution in [3.63, 3.8) is 0 Å². The molecule has 1 aliphatic rings. The van der Waals surface area contributed by atoms with E-state index in [2.05, 4.69) is 0 Å². The molecule has 0 bridgehead atoms. The first-order valence-electron chi connectivity index (χ1n) is 5.67. The fourth-order valence-corrected chi connectivity index (χ4v) is 1.76. The van der Waals surface area contributed by atoms with E-state index in [4.69, 9.17) is 0 Å². The Bertz CT molecular complexity index is 497. The van der Waals surface area contributed by atoms with E-state index >= 15 is 0 Å². The van der Waals surface area contributed by atoms with Crippen molar-refractivity contribution in [3.8, 4) is 5.75 Å². The van der Waals surface area contributed by atoms with Gasteiger partial charge in [-0.25, -0.2) is 0 Å². The second-order valence-electron chi connectivity index (χ2n) is 3.88. The van der Waals surface area contributed by atoms with Gasteiger partial charge >= 0.3 is 0 Å². The molecule has 2 amide bonds. The zero-order valence-electron chi connectivity index (χ0n) is 10.1. The Morgan fingerprint density at radius 2 is 1.53 bits per heavy atom. The minimum Gasteiger partial charge on any atom is -0.748 e. The number of anilines is 1. The van der Waals surface area contributed by atoms with Crippen LogP contribution >= 0.6 is 0 Å². The summed E-state index contributed by atoms with van der Waals surface area (Å²) in [6.45, 7) is 0. The summed E-state index contributed by atoms with van der Waals surface area (Å²) in [4.78, 5) is 23.5. The molecule has 1 aliphatic heterocycles. The first-order chi connectivity index (χ1) is 8.70. The first kappa shape index (κ1) is 15.2. The Labute approximate surface area is 121 Å². The molecule has 2 aromatic rings. The maximum Gasteiger partial charge on any atom is 0.167 e. The van der Waals surface area contributed by atoms with Crippen LogP contribution < -0.4 is 4.90 Å². The number of hydrogen-bond acceptors (Lipinski definition) is 3. The molecule has 0 aliphatic carbocycles. The van der Waals surface area contributed by atoms with Gasteiger partial charge in [0.15, 0.2) is 11.8 Å². The summed E-state index contributed by atoms with van der Waals surface area (Å²) in [7, 11) is 0. The molecule has 0 atom stereocenters. The van der Waals surface area contributed by atoms with Gasteiger partial charge in [-0.15, -0.1) is 18.2 Å². The van der Waals surface area contributed by atoms with Crippen molar-refractivity contribution < 1.29 is 31.8 Å². The molecule has 1 N–H and O–H groups in total. The van der Waals surface area contributed by atoms with E-state index in [1.54, 1.807) is 12.1 Å². The average molecular weight is 299 g/mol. The summed E-state index contributed by atoms with van der Waals surface area (Å²) in [5.41, 5.74) is 0.299. The summed E-state index contributed by atoms with van der Waals surface area (Å²) >= 11 is 0. The zero-order chi connectivity index (χ0) is 13.0. The molecule has 1 fully saturated rings. The predicted molar refractivity (Wildman–Crippen MR) is 67.5 cm³/mol. The van der Waals surface area contributed by atoms with Gasteiger partial charge in [0, 0.05) is 35.6 Å². The van der Waals surface area contributed by atoms with E-state index in [0.717, 1.165) is 4.90 Å². The van der Waals surface area contributed by atoms with Gasteiger partial charge in [-0.1, -0.05) is 0 Å². The third-order valence-corrected chi connectivity index (χ3v) is 2.62. The van der Waals surface area contributed by atoms with E-state index in [1.807, 2.05) is 30.3 Å². The minimum atomic E-state index is -0.244. The van der Waals surface area contributed by atoms with Crippen LogP contribution in [0.1, 0.15) is 12.8 Å². The third-order valence-electron chi connectivity index (χ3n) is 2.62. The van der Waals surface area contributed by atoms with Crippen LogP contribution in [0.15, 0.2) is 48.5 Å². The summed E-state index contributed by atoms with van der Waals surface area (Å²) in [5.74, 6) is -0.512. The molecule has 19 heavy (non-hydrogen) atoms. The molecule has 1 saturated heterocycles. The number of nitrogens with zero attached hydrogens (tertiary/aromatic N) is 1. The maximum absolute atomic E-state index is 11.2. The van der Waals surface area contributed by atoms with Gasteiger partial charge in [-0.05, 0) is 0 Å². The summed E-state index contributed by atoms with van der Waals surface area (Å²) in [6, 6.07) is 14.6. The van der Waals surface area contributed by atoms with Crippen molar-refractivity contribution in [1.82, 2.24) is 0 Å². The van der Waals surface area contributed by atoms with Gasteiger partial charge in [-0.2, -0.15) is 0 Å². The summed E-state index contributed by atoms with van der Waals surface area (Å²) in [5, 5.41) is 9.30. The quantitative estimate of drug-likeness (QED) is 0.499. The van der Waals surface area contributed by atoms with Crippen LogP contribution in [0, 0.1) is 0 Å². The number of aromatic hydroxyl groups is 1. The van der Waals surface area contributed by atoms with Crippen molar-refractivity contribution in [2.45, 2.75) is 12.8 Å². The standard InChI is InChI=1S/C9H8NO3.C5H5.Fe/c11-7-3-1-2-6(7)10-8(12)4-5-9(10)13;1-2-4-5-3-1;/h1-3,11H,4-5H2;1-5H;/q-1;-5;. The molecule has 3 rings (SSSR count). The maximum atomic E-state index is 11.2. The third kappa shape index (κ3) is 3.56. The number of rotatable bonds is 1. The Hall–Kier alpha value is -1.84. The van der Waals surface area contributed by atoms with E-state index in [1.165, 1.54) is 6.07 Å². The van der Waals surface area contributed by atoms with Crippen molar-refractivity contribution in [3.05, 3.63) is 48.5 Å². The molecule has 1 heterocycles. The van der Waals surface area contributed by atoms with Crippen LogP contribution in [-0.4, -0.2) is 16.9 Å². The van der Waals surface area contributed by atoms with Crippen LogP contribution in [0.2, 0.25) is 0 Å². The van der Waals surface area contributed by atoms with E-state index in [9.17, 15) is 14.7 Å². The van der Waals surface area contributed by atoms with E-state index in [0.29, 0.717) is 5.69 Å². The number of hydrogen-bond donors (Lipinski definition) is 1. The molecule has 106 valence electrons. The van der Waals surface area contributed by atoms with Gasteiger partial charge in [0.1, 0.15) is 0 Å². The van der Waals surface area contributed by atoms with Crippen molar-refractivity contribution in [1.29, 1.82) is 0 Å². The van der Waals surface area contributed by atoms with Gasteiger partial charge in [0.05, 0.1) is 5.75 Å². The topological polar surface area (TPSA) is 57.6 Å². The van der Waals surface area contributed by atoms with Crippen molar-refractivity contribution in [2.24, 2.45) is 0 Å². The zero-order valence-corrected chi connectivity index (χ0v) is 11.2. The van der Waals surface area contributed by atoms with Crippen molar-refractivity contribution in [2.75, 3.05) is 4.90 Å². The van der Waals surface area contributed by atoms with Gasteiger partial charge in [0.25, 0.3) is 0 Å². The molecule has 0 radical (unpaired) electrons. The summed E-state index contributed by atoms with van der Waals surface area (Å²) < 4.78 is 0. The van der Waals surface area contributed by atoms with Gasteiger partial charge in [0.2, 0.25) is 0 Å². The van der Waals surface area contributed by atoms with Crippen LogP contribution in [0.5, 0.6) is 5.75 Å². The fraction of sp³-hybridized carbons (Fsp3) is 0.143. The molecule has 2 aromatic carbocycles. The molecule has 0 unspecified atom stereocenters. The van der Waals surface area contributed by atoms with Crippen molar-refractivity contribution >= 4 is 17.5 Å². The van der Waals surface area contributed by atoms with Gasteiger partial charge in [-0.3, -0.25) is 0 Å². The predicted octanol–water partition coefficient (Wildman–Crippen LogP) is 2.17. The largest absolute Gasteiger partial charge is 0.748 e. The van der Waals surface area contributed by atoms with Gasteiger partial charge < -0.3 is 49.9 Å². The second kappa shape index (κ2) is 6.92. The average Bonchev–Trinajstić information content (AvgIpc) is 3.05. The Balaban J connectivity index is 0.000000256. The first-order valence-corrected chi connectivity index (χ1v) is 5.67. The Morgan fingerprint density at radius 3 is 1.89 bits per heavy atom. The number of imide groups is 1. The molecule has 0 aromatic heterocycles. The molecule has 5 heteroatoms. The number of amides is 2. The van der Waals surface area contributed by atoms with E-state index in [-0.39, 0.29) is 47.5 Å². The number of carbonyl (C=O) groups is 2. The summed E-state index contributed by atoms with van der Waals surface area (Å²) in [6.07, 6.45) is 0.479. The number of carbonyl (C=O) groups excluding carboxylic acids is 2. The Kier molecular flexibility index (Phi) is 5.55. The van der Waals surface area contributed by atoms with E-state index < -0.39 is 0 Å². The second-order valence-corrected chi connectivity index (χ2v) is 3.88. The SMILES string of the molecule is O=C1CCC(=O)N1[c-]1cccc1O.[Fe].[cH-]1[cH-][cH-][cH-][cH-]1. The van der Waals surface area contributed by atoms with Crippen LogP contribution in [0.25, 0.3) is 0 Å². The van der Waals surface area contributed by atoms with Crippen LogP contribution in [-0.2, 0) is 26.7 Å². The molecule has 4 nitrogen and oxygen atoms in total. The molecular weight excluding hydrogens is 286 g/mol. The van der Waals surface area contributed by atoms with Crippen LogP contribution in [0.4, 0.5) is 5.69 Å². The minimum absolute atomic E-state index is 0. The monoisotopic (exact) mass is 299 g/mol. The molecule has 0 saturated carbocycles. The Morgan fingerprint density at radius 1 is 1.05 bits per heavy atom. The molecular formula is C14H13FeNO3-6. The fourth-order valence-electron chi connectivity index (χ4n) is 1.76. The normalized spacial score (nSPS) is 13.8. The smallest absolute Gasteiger partial charge is 0.167 e. The van der Waals surface area contributed by atoms with Crippen LogP contribution in [0.3, 0.4) is 0 Å². The molecule has 0 spiro atoms.